The largest absolute Gasteiger partial charge is 0.493 e. The van der Waals surface area contributed by atoms with E-state index in [9.17, 15) is 9.59 Å². The van der Waals surface area contributed by atoms with Gasteiger partial charge in [-0.3, -0.25) is 9.69 Å². The quantitative estimate of drug-likeness (QED) is 0.579. The first-order valence-electron chi connectivity index (χ1n) is 10.2. The Balaban J connectivity index is 1.77. The van der Waals surface area contributed by atoms with Crippen LogP contribution in [-0.2, 0) is 11.3 Å². The predicted octanol–water partition coefficient (Wildman–Crippen LogP) is 2.32. The van der Waals surface area contributed by atoms with Crippen molar-refractivity contribution in [3.05, 3.63) is 52.1 Å². The highest BCUT2D eigenvalue weighted by atomic mass is 16.5. The number of fused-ring (bicyclic) bond motifs is 1. The fourth-order valence-electron chi connectivity index (χ4n) is 4.20. The van der Waals surface area contributed by atoms with Crippen molar-refractivity contribution in [2.45, 2.75) is 25.4 Å². The van der Waals surface area contributed by atoms with E-state index in [0.717, 1.165) is 31.5 Å². The summed E-state index contributed by atoms with van der Waals surface area (Å²) in [5, 5.41) is 6.42. The summed E-state index contributed by atoms with van der Waals surface area (Å²) in [4.78, 5) is 27.0. The highest BCUT2D eigenvalue weighted by Crippen LogP contribution is 2.34. The van der Waals surface area contributed by atoms with Crippen molar-refractivity contribution >= 4 is 5.97 Å². The van der Waals surface area contributed by atoms with E-state index in [4.69, 9.17) is 14.2 Å². The number of carbonyl (C=O) groups excluding carboxylic acids is 1. The fraction of sp³-hybridized carbons (Fsp3) is 0.409. The molecule has 9 nitrogen and oxygen atoms in total. The molecule has 31 heavy (non-hydrogen) atoms. The standard InChI is InChI=1S/C22H26N4O5/c1-29-18-7-6-14(10-19(18)30-2)17(26-8-4-5-9-26)13-25-11-15-20(23-24-21(15)27)16(12-25)22(28)31-3/h6-7,10-12,17H,4-5,8-9,13H2,1-3H3,(H,24,27)/t17-/m1/s1. The highest BCUT2D eigenvalue weighted by Gasteiger charge is 2.27. The third-order valence-corrected chi connectivity index (χ3v) is 5.78. The lowest BCUT2D eigenvalue weighted by atomic mass is 10.0. The zero-order valence-electron chi connectivity index (χ0n) is 17.9. The van der Waals surface area contributed by atoms with Crippen molar-refractivity contribution < 1.29 is 19.0 Å². The van der Waals surface area contributed by atoms with Gasteiger partial charge in [-0.25, -0.2) is 9.89 Å². The molecular formula is C22H26N4O5. The van der Waals surface area contributed by atoms with E-state index in [1.165, 1.54) is 7.11 Å². The Morgan fingerprint density at radius 1 is 1.13 bits per heavy atom. The van der Waals surface area contributed by atoms with Gasteiger partial charge in [0, 0.05) is 18.9 Å². The predicted molar refractivity (Wildman–Crippen MR) is 114 cm³/mol. The van der Waals surface area contributed by atoms with Gasteiger partial charge >= 0.3 is 5.97 Å². The molecule has 1 N–H and O–H groups in total. The molecule has 1 aromatic rings. The van der Waals surface area contributed by atoms with Crippen molar-refractivity contribution in [2.75, 3.05) is 34.4 Å². The van der Waals surface area contributed by atoms with Crippen LogP contribution in [0.3, 0.4) is 0 Å². The Hall–Kier alpha value is -3.33. The third kappa shape index (κ3) is 4.00. The zero-order valence-corrected chi connectivity index (χ0v) is 17.9. The zero-order chi connectivity index (χ0) is 22.0. The average molecular weight is 426 g/mol. The number of nitrogens with one attached hydrogen (secondary N) is 1. The number of nitrogens with zero attached hydrogens (tertiary/aromatic N) is 3. The smallest absolute Gasteiger partial charge is 0.341 e. The minimum absolute atomic E-state index is 0.0252. The van der Waals surface area contributed by atoms with Gasteiger partial charge in [-0.15, -0.1) is 0 Å². The molecule has 0 amide bonds. The maximum absolute atomic E-state index is 12.3. The molecule has 3 aliphatic rings. The van der Waals surface area contributed by atoms with Crippen molar-refractivity contribution in [3.63, 3.8) is 0 Å². The first-order chi connectivity index (χ1) is 15.0. The molecule has 0 saturated carbocycles. The van der Waals surface area contributed by atoms with Gasteiger partial charge in [-0.2, -0.15) is 5.10 Å². The van der Waals surface area contributed by atoms with E-state index in [0.29, 0.717) is 29.3 Å². The molecule has 9 heteroatoms. The Bertz CT molecular complexity index is 1100. The number of methoxy groups -OCH3 is 3. The summed E-state index contributed by atoms with van der Waals surface area (Å²) in [5.41, 5.74) is 1.66. The molecule has 0 aromatic heterocycles. The number of rotatable bonds is 7. The van der Waals surface area contributed by atoms with Gasteiger partial charge < -0.3 is 18.8 Å². The number of aromatic amines is 1. The van der Waals surface area contributed by atoms with E-state index in [1.807, 2.05) is 22.8 Å². The number of aromatic nitrogens is 3. The monoisotopic (exact) mass is 426 g/mol. The van der Waals surface area contributed by atoms with Gasteiger partial charge in [-0.1, -0.05) is 6.07 Å². The number of esters is 1. The SMILES string of the molecule is COC(=O)c1cn(C[C@H](c2ccc(OC)c(OC)c2)N2CCCC2)cc2c(=O)[nH]nc1-2. The number of ether oxygens (including phenoxy) is 3. The van der Waals surface area contributed by atoms with Gasteiger partial charge in [-0.05, 0) is 43.6 Å². The topological polar surface area (TPSA) is 98.7 Å². The minimum atomic E-state index is -0.533. The van der Waals surface area contributed by atoms with Crippen molar-refractivity contribution in [1.29, 1.82) is 0 Å². The van der Waals surface area contributed by atoms with Crippen LogP contribution in [-0.4, -0.2) is 60.1 Å². The molecular weight excluding hydrogens is 400 g/mol. The van der Waals surface area contributed by atoms with Crippen molar-refractivity contribution in [1.82, 2.24) is 19.7 Å². The first-order valence-corrected chi connectivity index (χ1v) is 10.2. The summed E-state index contributed by atoms with van der Waals surface area (Å²) in [7, 11) is 4.54. The van der Waals surface area contributed by atoms with E-state index in [-0.39, 0.29) is 17.2 Å². The Morgan fingerprint density at radius 3 is 2.55 bits per heavy atom. The maximum atomic E-state index is 12.3. The molecule has 164 valence electrons. The summed E-state index contributed by atoms with van der Waals surface area (Å²) in [6.45, 7) is 2.49. The van der Waals surface area contributed by atoms with Crippen LogP contribution in [0.2, 0.25) is 0 Å². The highest BCUT2D eigenvalue weighted by molar-refractivity contribution is 5.95. The number of carbonyl (C=O) groups is 1. The van der Waals surface area contributed by atoms with Gasteiger partial charge in [0.1, 0.15) is 11.3 Å². The number of likely N-dealkylation sites (tertiary alicyclic amines) is 1. The van der Waals surface area contributed by atoms with E-state index in [1.54, 1.807) is 26.6 Å². The molecule has 1 aromatic carbocycles. The lowest BCUT2D eigenvalue weighted by molar-refractivity contribution is 0.0600. The van der Waals surface area contributed by atoms with Gasteiger partial charge in [0.25, 0.3) is 5.56 Å². The number of benzene rings is 1. The second kappa shape index (κ2) is 8.81. The summed E-state index contributed by atoms with van der Waals surface area (Å²) in [5.74, 6) is 0.800. The molecule has 0 aliphatic carbocycles. The normalized spacial score (nSPS) is 15.2. The molecule has 0 radical (unpaired) electrons. The molecule has 3 aliphatic heterocycles. The van der Waals surface area contributed by atoms with Crippen LogP contribution in [0.1, 0.15) is 34.8 Å². The Labute approximate surface area is 179 Å². The van der Waals surface area contributed by atoms with Crippen LogP contribution in [0.25, 0.3) is 11.3 Å². The molecule has 4 rings (SSSR count). The van der Waals surface area contributed by atoms with Crippen LogP contribution < -0.4 is 15.0 Å². The molecule has 0 bridgehead atoms. The molecule has 1 atom stereocenters. The van der Waals surface area contributed by atoms with Crippen molar-refractivity contribution in [2.24, 2.45) is 0 Å². The fourth-order valence-corrected chi connectivity index (χ4v) is 4.20. The van der Waals surface area contributed by atoms with E-state index in [2.05, 4.69) is 15.1 Å². The van der Waals surface area contributed by atoms with Crippen LogP contribution >= 0.6 is 0 Å². The molecule has 0 spiro atoms. The second-order valence-corrected chi connectivity index (χ2v) is 7.55. The lowest BCUT2D eigenvalue weighted by Crippen LogP contribution is -2.29. The summed E-state index contributed by atoms with van der Waals surface area (Å²) >= 11 is 0. The van der Waals surface area contributed by atoms with E-state index < -0.39 is 5.97 Å². The van der Waals surface area contributed by atoms with Crippen LogP contribution in [0.15, 0.2) is 35.4 Å². The number of hydrogen-bond donors (Lipinski definition) is 1. The number of pyridine rings is 1. The van der Waals surface area contributed by atoms with Gasteiger partial charge in [0.15, 0.2) is 11.5 Å². The molecule has 1 fully saturated rings. The van der Waals surface area contributed by atoms with Crippen LogP contribution in [0.5, 0.6) is 11.5 Å². The number of hydrogen-bond acceptors (Lipinski definition) is 7. The van der Waals surface area contributed by atoms with E-state index >= 15 is 0 Å². The van der Waals surface area contributed by atoms with Crippen molar-refractivity contribution in [3.8, 4) is 22.8 Å². The Kier molecular flexibility index (Phi) is 5.94. The molecule has 1 saturated heterocycles. The van der Waals surface area contributed by atoms with Crippen LogP contribution in [0, 0.1) is 0 Å². The Morgan fingerprint density at radius 2 is 1.87 bits per heavy atom. The first kappa shape index (κ1) is 20.9. The maximum Gasteiger partial charge on any atom is 0.341 e. The molecule has 3 heterocycles. The van der Waals surface area contributed by atoms with Gasteiger partial charge in [0.05, 0.1) is 32.9 Å². The summed E-state index contributed by atoms with van der Waals surface area (Å²) < 4.78 is 17.7. The minimum Gasteiger partial charge on any atom is -0.493 e. The van der Waals surface area contributed by atoms with Gasteiger partial charge in [0.2, 0.25) is 0 Å². The van der Waals surface area contributed by atoms with Crippen LogP contribution in [0.4, 0.5) is 0 Å². The second-order valence-electron chi connectivity index (χ2n) is 7.55. The number of H-pyrrole nitrogens is 1. The lowest BCUT2D eigenvalue weighted by Gasteiger charge is -2.29. The average Bonchev–Trinajstić information content (AvgIpc) is 3.46. The summed E-state index contributed by atoms with van der Waals surface area (Å²) in [6.07, 6.45) is 5.69. The summed E-state index contributed by atoms with van der Waals surface area (Å²) in [6, 6.07) is 5.94. The third-order valence-electron chi connectivity index (χ3n) is 5.78. The molecule has 0 unspecified atom stereocenters.